The molecule has 0 aromatic carbocycles. The van der Waals surface area contributed by atoms with Crippen molar-refractivity contribution in [2.45, 2.75) is 46.1 Å². The lowest BCUT2D eigenvalue weighted by Crippen LogP contribution is -2.36. The van der Waals surface area contributed by atoms with Gasteiger partial charge in [-0.15, -0.1) is 0 Å². The maximum atomic E-state index is 11.1. The summed E-state index contributed by atoms with van der Waals surface area (Å²) in [5.74, 6) is -0.143. The normalized spacial score (nSPS) is 11.0. The molecule has 0 bridgehead atoms. The number of unbranched alkanes of at least 4 members (excludes halogenated alkanes) is 2. The molecule has 14 heavy (non-hydrogen) atoms. The molecule has 0 aliphatic carbocycles. The summed E-state index contributed by atoms with van der Waals surface area (Å²) in [6.07, 6.45) is 3.60. The largest absolute Gasteiger partial charge is 0.468 e. The molecule has 0 atom stereocenters. The van der Waals surface area contributed by atoms with Crippen molar-refractivity contribution in [3.05, 3.63) is 0 Å². The zero-order chi connectivity index (χ0) is 11.0. The van der Waals surface area contributed by atoms with Crippen molar-refractivity contribution in [1.29, 1.82) is 0 Å². The standard InChI is InChI=1S/C11H23NO2/c1-5-6-7-8-12(10(2)3)9-11(13)14-4/h10H,5-9H2,1-4H3. The Bertz CT molecular complexity index is 157. The molecule has 3 heteroatoms. The summed E-state index contributed by atoms with van der Waals surface area (Å²) >= 11 is 0. The van der Waals surface area contributed by atoms with Gasteiger partial charge in [0, 0.05) is 6.04 Å². The van der Waals surface area contributed by atoms with Gasteiger partial charge in [0.15, 0.2) is 0 Å². The highest BCUT2D eigenvalue weighted by molar-refractivity contribution is 5.71. The minimum atomic E-state index is -0.143. The van der Waals surface area contributed by atoms with Crippen LogP contribution in [0.15, 0.2) is 0 Å². The van der Waals surface area contributed by atoms with E-state index in [2.05, 4.69) is 30.4 Å². The topological polar surface area (TPSA) is 29.5 Å². The molecule has 0 unspecified atom stereocenters. The van der Waals surface area contributed by atoms with Gasteiger partial charge in [-0.3, -0.25) is 9.69 Å². The molecule has 0 aliphatic heterocycles. The van der Waals surface area contributed by atoms with Gasteiger partial charge in [0.2, 0.25) is 0 Å². The highest BCUT2D eigenvalue weighted by atomic mass is 16.5. The fourth-order valence-electron chi connectivity index (χ4n) is 1.32. The van der Waals surface area contributed by atoms with Gasteiger partial charge in [0.1, 0.15) is 0 Å². The molecule has 0 aliphatic rings. The number of carbonyl (C=O) groups is 1. The molecule has 0 saturated heterocycles. The second kappa shape index (κ2) is 7.80. The lowest BCUT2D eigenvalue weighted by molar-refractivity contribution is -0.142. The lowest BCUT2D eigenvalue weighted by Gasteiger charge is -2.24. The molecule has 0 amide bonds. The number of rotatable bonds is 7. The zero-order valence-electron chi connectivity index (χ0n) is 9.88. The van der Waals surface area contributed by atoms with E-state index in [-0.39, 0.29) is 5.97 Å². The van der Waals surface area contributed by atoms with E-state index in [0.29, 0.717) is 12.6 Å². The predicted octanol–water partition coefficient (Wildman–Crippen LogP) is 2.06. The van der Waals surface area contributed by atoms with E-state index in [4.69, 9.17) is 0 Å². The quantitative estimate of drug-likeness (QED) is 0.466. The van der Waals surface area contributed by atoms with Gasteiger partial charge in [-0.1, -0.05) is 19.8 Å². The highest BCUT2D eigenvalue weighted by Gasteiger charge is 2.13. The number of hydrogen-bond donors (Lipinski definition) is 0. The molecule has 84 valence electrons. The van der Waals surface area contributed by atoms with Crippen molar-refractivity contribution in [1.82, 2.24) is 4.90 Å². The number of hydrogen-bond acceptors (Lipinski definition) is 3. The molecule has 0 aromatic heterocycles. The molecule has 0 spiro atoms. The summed E-state index contributed by atoms with van der Waals surface area (Å²) in [5, 5.41) is 0. The molecule has 0 N–H and O–H groups in total. The van der Waals surface area contributed by atoms with Gasteiger partial charge < -0.3 is 4.74 Å². The van der Waals surface area contributed by atoms with Crippen molar-refractivity contribution >= 4 is 5.97 Å². The summed E-state index contributed by atoms with van der Waals surface area (Å²) in [6, 6.07) is 0.408. The van der Waals surface area contributed by atoms with Crippen LogP contribution in [-0.2, 0) is 9.53 Å². The van der Waals surface area contributed by atoms with Gasteiger partial charge in [0.25, 0.3) is 0 Å². The molecule has 0 saturated carbocycles. The molecule has 0 fully saturated rings. The second-order valence-corrected chi connectivity index (χ2v) is 3.85. The van der Waals surface area contributed by atoms with Crippen LogP contribution in [0.2, 0.25) is 0 Å². The van der Waals surface area contributed by atoms with Crippen LogP contribution in [0.3, 0.4) is 0 Å². The summed E-state index contributed by atoms with van der Waals surface area (Å²) in [6.45, 7) is 7.79. The molecule has 0 heterocycles. The molecule has 3 nitrogen and oxygen atoms in total. The van der Waals surface area contributed by atoms with Gasteiger partial charge in [-0.2, -0.15) is 0 Å². The monoisotopic (exact) mass is 201 g/mol. The molecule has 0 aromatic rings. The Morgan fingerprint density at radius 1 is 1.36 bits per heavy atom. The number of esters is 1. The first-order valence-electron chi connectivity index (χ1n) is 5.42. The summed E-state index contributed by atoms with van der Waals surface area (Å²) in [7, 11) is 1.44. The first-order valence-corrected chi connectivity index (χ1v) is 5.42. The lowest BCUT2D eigenvalue weighted by atomic mass is 10.2. The zero-order valence-corrected chi connectivity index (χ0v) is 9.88. The van der Waals surface area contributed by atoms with Crippen molar-refractivity contribution in [2.24, 2.45) is 0 Å². The maximum Gasteiger partial charge on any atom is 0.319 e. The highest BCUT2D eigenvalue weighted by Crippen LogP contribution is 2.03. The smallest absolute Gasteiger partial charge is 0.319 e. The Morgan fingerprint density at radius 2 is 2.00 bits per heavy atom. The van der Waals surface area contributed by atoms with Crippen LogP contribution in [0.5, 0.6) is 0 Å². The van der Waals surface area contributed by atoms with Crippen LogP contribution >= 0.6 is 0 Å². The third-order valence-corrected chi connectivity index (χ3v) is 2.34. The van der Waals surface area contributed by atoms with E-state index in [1.165, 1.54) is 20.0 Å². The summed E-state index contributed by atoms with van der Waals surface area (Å²) in [5.41, 5.74) is 0. The number of methoxy groups -OCH3 is 1. The molecular weight excluding hydrogens is 178 g/mol. The SMILES string of the molecule is CCCCCN(CC(=O)OC)C(C)C. The van der Waals surface area contributed by atoms with E-state index < -0.39 is 0 Å². The Balaban J connectivity index is 3.83. The fraction of sp³-hybridized carbons (Fsp3) is 0.909. The van der Waals surface area contributed by atoms with Crippen LogP contribution in [0.4, 0.5) is 0 Å². The average Bonchev–Trinajstić information content (AvgIpc) is 2.16. The summed E-state index contributed by atoms with van der Waals surface area (Å²) < 4.78 is 4.66. The number of carbonyl (C=O) groups excluding carboxylic acids is 1. The predicted molar refractivity (Wildman–Crippen MR) is 58.3 cm³/mol. The van der Waals surface area contributed by atoms with E-state index >= 15 is 0 Å². The molecule has 0 radical (unpaired) electrons. The third kappa shape index (κ3) is 5.97. The van der Waals surface area contributed by atoms with Crippen LogP contribution in [-0.4, -0.2) is 37.1 Å². The van der Waals surface area contributed by atoms with Crippen molar-refractivity contribution in [3.8, 4) is 0 Å². The molecule has 0 rings (SSSR count). The van der Waals surface area contributed by atoms with E-state index in [9.17, 15) is 4.79 Å². The van der Waals surface area contributed by atoms with Crippen LogP contribution in [0.1, 0.15) is 40.0 Å². The summed E-state index contributed by atoms with van der Waals surface area (Å²) in [4.78, 5) is 13.2. The van der Waals surface area contributed by atoms with Crippen molar-refractivity contribution < 1.29 is 9.53 Å². The number of nitrogens with zero attached hydrogens (tertiary/aromatic N) is 1. The van der Waals surface area contributed by atoms with Gasteiger partial charge in [0.05, 0.1) is 13.7 Å². The van der Waals surface area contributed by atoms with Gasteiger partial charge in [-0.25, -0.2) is 0 Å². The molecular formula is C11H23NO2. The van der Waals surface area contributed by atoms with Gasteiger partial charge >= 0.3 is 5.97 Å². The van der Waals surface area contributed by atoms with Gasteiger partial charge in [-0.05, 0) is 26.8 Å². The minimum absolute atomic E-state index is 0.143. The van der Waals surface area contributed by atoms with E-state index in [0.717, 1.165) is 13.0 Å². The van der Waals surface area contributed by atoms with Crippen LogP contribution < -0.4 is 0 Å². The second-order valence-electron chi connectivity index (χ2n) is 3.85. The van der Waals surface area contributed by atoms with E-state index in [1.807, 2.05) is 0 Å². The van der Waals surface area contributed by atoms with Crippen molar-refractivity contribution in [3.63, 3.8) is 0 Å². The first kappa shape index (κ1) is 13.4. The fourth-order valence-corrected chi connectivity index (χ4v) is 1.32. The Labute approximate surface area is 87.4 Å². The third-order valence-electron chi connectivity index (χ3n) is 2.34. The average molecular weight is 201 g/mol. The first-order chi connectivity index (χ1) is 6.61. The number of ether oxygens (including phenoxy) is 1. The van der Waals surface area contributed by atoms with Crippen LogP contribution in [0, 0.1) is 0 Å². The Morgan fingerprint density at radius 3 is 2.43 bits per heavy atom. The minimum Gasteiger partial charge on any atom is -0.468 e. The van der Waals surface area contributed by atoms with E-state index in [1.54, 1.807) is 0 Å². The van der Waals surface area contributed by atoms with Crippen molar-refractivity contribution in [2.75, 3.05) is 20.2 Å². The maximum absolute atomic E-state index is 11.1. The Hall–Kier alpha value is -0.570. The van der Waals surface area contributed by atoms with Crippen LogP contribution in [0.25, 0.3) is 0 Å². The Kier molecular flexibility index (Phi) is 7.48.